The van der Waals surface area contributed by atoms with Gasteiger partial charge >= 0.3 is 0 Å². The van der Waals surface area contributed by atoms with Crippen molar-refractivity contribution in [1.29, 1.82) is 0 Å². The van der Waals surface area contributed by atoms with E-state index in [0.717, 1.165) is 11.3 Å². The Morgan fingerprint density at radius 2 is 2.27 bits per heavy atom. The molecule has 1 aromatic heterocycles. The molecule has 0 amide bonds. The highest BCUT2D eigenvalue weighted by molar-refractivity contribution is 6.56. The number of esters is 1. The molecule has 0 saturated carbocycles. The van der Waals surface area contributed by atoms with E-state index >= 15 is 0 Å². The highest BCUT2D eigenvalue weighted by Crippen LogP contribution is 2.18. The average molecular weight is 300 g/mol. The van der Waals surface area contributed by atoms with Gasteiger partial charge in [0.2, 0.25) is 0 Å². The lowest BCUT2D eigenvalue weighted by Crippen LogP contribution is -2.51. The van der Waals surface area contributed by atoms with Gasteiger partial charge in [-0.25, -0.2) is 0 Å². The normalized spacial score (nSPS) is 12.1. The number of nitrogens with zero attached hydrogens (tertiary/aromatic N) is 2. The molecule has 116 valence electrons. The number of benzene rings is 1. The molecule has 0 saturated heterocycles. The fourth-order valence-electron chi connectivity index (χ4n) is 2.41. The molecular weight excluding hydrogens is 279 g/mol. The van der Waals surface area contributed by atoms with Gasteiger partial charge in [-0.1, -0.05) is 18.6 Å². The second-order valence-corrected chi connectivity index (χ2v) is 5.28. The lowest BCUT2D eigenvalue weighted by Gasteiger charge is -2.25. The highest BCUT2D eigenvalue weighted by atomic mass is 16.5. The zero-order valence-electron chi connectivity index (χ0n) is 13.2. The van der Waals surface area contributed by atoms with Crippen molar-refractivity contribution in [3.8, 4) is 5.75 Å². The predicted molar refractivity (Wildman–Crippen MR) is 84.2 cm³/mol. The minimum atomic E-state index is -0.401. The molecule has 1 N–H and O–H groups in total. The number of phenols is 1. The van der Waals surface area contributed by atoms with E-state index in [9.17, 15) is 9.90 Å². The third-order valence-electron chi connectivity index (χ3n) is 3.54. The molecule has 1 unspecified atom stereocenters. The molecule has 0 aliphatic carbocycles. The fourth-order valence-corrected chi connectivity index (χ4v) is 2.41. The van der Waals surface area contributed by atoms with E-state index in [2.05, 4.69) is 0 Å². The molecule has 0 aliphatic rings. The average Bonchev–Trinajstić information content (AvgIpc) is 2.78. The second kappa shape index (κ2) is 7.16. The number of aryl methyl sites for hydroxylation is 2. The van der Waals surface area contributed by atoms with Gasteiger partial charge in [0, 0.05) is 5.72 Å². The molecule has 0 bridgehead atoms. The van der Waals surface area contributed by atoms with Crippen molar-refractivity contribution in [2.75, 3.05) is 6.61 Å². The first-order valence-electron chi connectivity index (χ1n) is 7.31. The summed E-state index contributed by atoms with van der Waals surface area (Å²) in [5, 5.41) is 9.58. The maximum atomic E-state index is 12.2. The molecule has 1 aromatic carbocycles. The third-order valence-corrected chi connectivity index (χ3v) is 3.54. The molecule has 5 nitrogen and oxygen atoms in total. The van der Waals surface area contributed by atoms with Gasteiger partial charge in [0.15, 0.2) is 0 Å². The monoisotopic (exact) mass is 300 g/mol. The summed E-state index contributed by atoms with van der Waals surface area (Å²) in [6, 6.07) is 6.95. The summed E-state index contributed by atoms with van der Waals surface area (Å²) in [5.74, 6) is -0.460. The first-order chi connectivity index (χ1) is 10.5. The Morgan fingerprint density at radius 1 is 1.50 bits per heavy atom. The molecule has 0 fully saturated rings. The van der Waals surface area contributed by atoms with Crippen molar-refractivity contribution in [3.63, 3.8) is 0 Å². The minimum absolute atomic E-state index is 0.199. The van der Waals surface area contributed by atoms with Crippen LogP contribution in [0.4, 0.5) is 0 Å². The Hall–Kier alpha value is -2.24. The molecule has 0 spiro atoms. The summed E-state index contributed by atoms with van der Waals surface area (Å²) in [7, 11) is 5.77. The zero-order chi connectivity index (χ0) is 16.1. The molecule has 22 heavy (non-hydrogen) atoms. The molecule has 6 heteroatoms. The Morgan fingerprint density at radius 3 is 2.86 bits per heavy atom. The van der Waals surface area contributed by atoms with E-state index in [0.29, 0.717) is 13.0 Å². The van der Waals surface area contributed by atoms with E-state index in [4.69, 9.17) is 4.74 Å². The number of aromatic nitrogens is 2. The molecule has 1 atom stereocenters. The van der Waals surface area contributed by atoms with Crippen molar-refractivity contribution in [2.45, 2.75) is 19.2 Å². The zero-order valence-corrected chi connectivity index (χ0v) is 13.2. The van der Waals surface area contributed by atoms with Gasteiger partial charge in [0.05, 0.1) is 20.7 Å². The van der Waals surface area contributed by atoms with Crippen LogP contribution in [0.1, 0.15) is 12.5 Å². The van der Waals surface area contributed by atoms with Crippen LogP contribution in [0.3, 0.4) is 0 Å². The van der Waals surface area contributed by atoms with Crippen molar-refractivity contribution >= 4 is 19.0 Å². The van der Waals surface area contributed by atoms with Gasteiger partial charge in [-0.05, 0) is 24.6 Å². The van der Waals surface area contributed by atoms with E-state index in [1.807, 2.05) is 49.0 Å². The van der Waals surface area contributed by atoms with Gasteiger partial charge < -0.3 is 9.84 Å². The summed E-state index contributed by atoms with van der Waals surface area (Å²) in [5.41, 5.74) is 1.82. The third kappa shape index (κ3) is 3.90. The number of ether oxygens (including phenoxy) is 1. The first kappa shape index (κ1) is 16.1. The SMILES string of the molecule is CCOC(=O)C([B-]c1n(C)cc[n+]1C)Cc1cccc(O)c1. The van der Waals surface area contributed by atoms with Gasteiger partial charge in [0.1, 0.15) is 18.1 Å². The van der Waals surface area contributed by atoms with Crippen molar-refractivity contribution in [2.24, 2.45) is 14.1 Å². The van der Waals surface area contributed by atoms with Crippen LogP contribution in [0.2, 0.25) is 5.82 Å². The number of carbonyl (C=O) groups is 1. The van der Waals surface area contributed by atoms with Gasteiger partial charge in [0.25, 0.3) is 5.97 Å². The smallest absolute Gasteiger partial charge is 0.268 e. The van der Waals surface area contributed by atoms with Crippen LogP contribution in [-0.2, 0) is 30.0 Å². The predicted octanol–water partition coefficient (Wildman–Crippen LogP) is 0.479. The van der Waals surface area contributed by atoms with Crippen LogP contribution in [0, 0.1) is 0 Å². The number of hydrogen-bond donors (Lipinski definition) is 1. The number of aromatic hydroxyl groups is 1. The van der Waals surface area contributed by atoms with Crippen molar-refractivity contribution < 1.29 is 19.2 Å². The summed E-state index contributed by atoms with van der Waals surface area (Å²) in [6.07, 6.45) is 4.35. The lowest BCUT2D eigenvalue weighted by atomic mass is 9.61. The van der Waals surface area contributed by atoms with Crippen LogP contribution < -0.4 is 10.3 Å². The quantitative estimate of drug-likeness (QED) is 0.479. The van der Waals surface area contributed by atoms with E-state index in [1.165, 1.54) is 0 Å². The van der Waals surface area contributed by atoms with E-state index < -0.39 is 5.82 Å². The van der Waals surface area contributed by atoms with Crippen LogP contribution in [0.5, 0.6) is 5.75 Å². The first-order valence-corrected chi connectivity index (χ1v) is 7.31. The van der Waals surface area contributed by atoms with Crippen LogP contribution >= 0.6 is 0 Å². The van der Waals surface area contributed by atoms with E-state index in [-0.39, 0.29) is 11.7 Å². The number of imidazole rings is 1. The molecular formula is C16H21BN2O3. The van der Waals surface area contributed by atoms with Crippen LogP contribution in [-0.4, -0.2) is 29.5 Å². The maximum Gasteiger partial charge on any atom is 0.268 e. The molecule has 2 aromatic rings. The second-order valence-electron chi connectivity index (χ2n) is 5.28. The molecule has 2 rings (SSSR count). The highest BCUT2D eigenvalue weighted by Gasteiger charge is 2.15. The molecule has 1 heterocycles. The van der Waals surface area contributed by atoms with E-state index in [1.54, 1.807) is 25.1 Å². The minimum Gasteiger partial charge on any atom is -0.508 e. The molecule has 0 aliphatic heterocycles. The fraction of sp³-hybridized carbons (Fsp3) is 0.375. The standard InChI is InChI=1S/C16H20BN2O3/c1-4-22-15(21)14(11-12-6-5-7-13(20)10-12)17-16-18(2)8-9-19(16)3/h5-10,14H,4,11H2,1-3H3/q-1/p+1. The van der Waals surface area contributed by atoms with Crippen molar-refractivity contribution in [3.05, 3.63) is 42.2 Å². The topological polar surface area (TPSA) is 55.3 Å². The van der Waals surface area contributed by atoms with Gasteiger partial charge in [-0.2, -0.15) is 7.28 Å². The summed E-state index contributed by atoms with van der Waals surface area (Å²) in [6.45, 7) is 2.15. The van der Waals surface area contributed by atoms with Crippen LogP contribution in [0.25, 0.3) is 0 Å². The van der Waals surface area contributed by atoms with Gasteiger partial charge in [-0.15, -0.1) is 5.82 Å². The molecule has 2 radical (unpaired) electrons. The number of phenolic OH excluding ortho intramolecular Hbond substituents is 1. The number of hydrogen-bond acceptors (Lipinski definition) is 3. The number of carbonyl (C=O) groups excluding carboxylic acids is 1. The van der Waals surface area contributed by atoms with Crippen LogP contribution in [0.15, 0.2) is 36.7 Å². The maximum absolute atomic E-state index is 12.2. The number of rotatable bonds is 6. The Kier molecular flexibility index (Phi) is 5.25. The summed E-state index contributed by atoms with van der Waals surface area (Å²) < 4.78 is 9.09. The summed E-state index contributed by atoms with van der Waals surface area (Å²) >= 11 is 0. The summed E-state index contributed by atoms with van der Waals surface area (Å²) in [4.78, 5) is 12.2. The largest absolute Gasteiger partial charge is 0.508 e. The lowest BCUT2D eigenvalue weighted by molar-refractivity contribution is -0.653. The van der Waals surface area contributed by atoms with Gasteiger partial charge in [-0.3, -0.25) is 13.9 Å². The Balaban J connectivity index is 2.21. The van der Waals surface area contributed by atoms with Crippen molar-refractivity contribution in [1.82, 2.24) is 4.57 Å². The Bertz CT molecular complexity index is 635. The Labute approximate surface area is 131 Å².